The number of ether oxygens (including phenoxy) is 3. The number of rotatable bonds is 7. The standard InChI is InChI=1S/C18H19BrFNO4/c1-11(14-9-13(23-2)5-7-16(14)24-3)21-18(22)10-25-17-6-4-12(20)8-15(17)19/h4-9,11H,10H2,1-3H3,(H,21,22). The van der Waals surface area contributed by atoms with E-state index in [0.29, 0.717) is 21.7 Å². The molecule has 0 aliphatic heterocycles. The minimum Gasteiger partial charge on any atom is -0.497 e. The highest BCUT2D eigenvalue weighted by Crippen LogP contribution is 2.29. The van der Waals surface area contributed by atoms with Gasteiger partial charge in [-0.2, -0.15) is 0 Å². The van der Waals surface area contributed by atoms with Crippen molar-refractivity contribution in [3.8, 4) is 17.2 Å². The zero-order valence-electron chi connectivity index (χ0n) is 14.1. The molecule has 1 N–H and O–H groups in total. The molecule has 5 nitrogen and oxygen atoms in total. The first-order valence-electron chi connectivity index (χ1n) is 7.53. The molecule has 2 aromatic rings. The summed E-state index contributed by atoms with van der Waals surface area (Å²) in [6, 6.07) is 9.06. The molecule has 1 unspecified atom stereocenters. The van der Waals surface area contributed by atoms with E-state index in [0.717, 1.165) is 5.56 Å². The van der Waals surface area contributed by atoms with Crippen LogP contribution in [0.1, 0.15) is 18.5 Å². The molecule has 0 spiro atoms. The summed E-state index contributed by atoms with van der Waals surface area (Å²) in [7, 11) is 3.14. The van der Waals surface area contributed by atoms with E-state index in [1.807, 2.05) is 6.92 Å². The summed E-state index contributed by atoms with van der Waals surface area (Å²) >= 11 is 3.19. The van der Waals surface area contributed by atoms with E-state index in [1.165, 1.54) is 18.2 Å². The highest BCUT2D eigenvalue weighted by atomic mass is 79.9. The molecule has 0 aliphatic rings. The van der Waals surface area contributed by atoms with Crippen molar-refractivity contribution < 1.29 is 23.4 Å². The quantitative estimate of drug-likeness (QED) is 0.751. The molecular weight excluding hydrogens is 393 g/mol. The van der Waals surface area contributed by atoms with Crippen LogP contribution in [0.15, 0.2) is 40.9 Å². The van der Waals surface area contributed by atoms with Crippen LogP contribution in [-0.2, 0) is 4.79 Å². The van der Waals surface area contributed by atoms with Crippen molar-refractivity contribution in [2.24, 2.45) is 0 Å². The molecule has 0 aliphatic carbocycles. The van der Waals surface area contributed by atoms with Crippen molar-refractivity contribution in [3.63, 3.8) is 0 Å². The number of amides is 1. The Morgan fingerprint density at radius 1 is 1.16 bits per heavy atom. The fourth-order valence-corrected chi connectivity index (χ4v) is 2.74. The number of nitrogens with one attached hydrogen (secondary N) is 1. The monoisotopic (exact) mass is 411 g/mol. The molecule has 0 fully saturated rings. The van der Waals surface area contributed by atoms with Crippen LogP contribution in [0.2, 0.25) is 0 Å². The second-order valence-corrected chi connectivity index (χ2v) is 6.11. The average molecular weight is 412 g/mol. The summed E-state index contributed by atoms with van der Waals surface area (Å²) in [5, 5.41) is 2.83. The van der Waals surface area contributed by atoms with E-state index < -0.39 is 0 Å². The number of benzene rings is 2. The van der Waals surface area contributed by atoms with Crippen molar-refractivity contribution in [2.45, 2.75) is 13.0 Å². The van der Waals surface area contributed by atoms with Gasteiger partial charge in [0.25, 0.3) is 5.91 Å². The van der Waals surface area contributed by atoms with Gasteiger partial charge in [-0.1, -0.05) is 0 Å². The molecule has 0 saturated carbocycles. The minimum atomic E-state index is -0.387. The summed E-state index contributed by atoms with van der Waals surface area (Å²) in [6.45, 7) is 1.64. The first-order valence-corrected chi connectivity index (χ1v) is 8.33. The summed E-state index contributed by atoms with van der Waals surface area (Å²) < 4.78 is 29.4. The van der Waals surface area contributed by atoms with Crippen LogP contribution in [-0.4, -0.2) is 26.7 Å². The largest absolute Gasteiger partial charge is 0.497 e. The smallest absolute Gasteiger partial charge is 0.258 e. The first kappa shape index (κ1) is 19.1. The van der Waals surface area contributed by atoms with Crippen LogP contribution in [0, 0.1) is 5.82 Å². The lowest BCUT2D eigenvalue weighted by atomic mass is 10.1. The number of hydrogen-bond donors (Lipinski definition) is 1. The van der Waals surface area contributed by atoms with Gasteiger partial charge in [0.2, 0.25) is 0 Å². The Morgan fingerprint density at radius 3 is 2.52 bits per heavy atom. The van der Waals surface area contributed by atoms with E-state index in [9.17, 15) is 9.18 Å². The van der Waals surface area contributed by atoms with Crippen LogP contribution in [0.25, 0.3) is 0 Å². The molecule has 7 heteroatoms. The van der Waals surface area contributed by atoms with Gasteiger partial charge < -0.3 is 19.5 Å². The zero-order chi connectivity index (χ0) is 18.4. The van der Waals surface area contributed by atoms with Crippen LogP contribution in [0.4, 0.5) is 4.39 Å². The van der Waals surface area contributed by atoms with Crippen molar-refractivity contribution in [1.82, 2.24) is 5.32 Å². The maximum absolute atomic E-state index is 13.1. The van der Waals surface area contributed by atoms with E-state index in [4.69, 9.17) is 14.2 Å². The van der Waals surface area contributed by atoms with Crippen LogP contribution < -0.4 is 19.5 Å². The van der Waals surface area contributed by atoms with E-state index in [-0.39, 0.29) is 24.4 Å². The number of halogens is 2. The van der Waals surface area contributed by atoms with Crippen molar-refractivity contribution in [3.05, 3.63) is 52.3 Å². The Hall–Kier alpha value is -2.28. The fourth-order valence-electron chi connectivity index (χ4n) is 2.27. The molecule has 0 aromatic heterocycles. The third-order valence-electron chi connectivity index (χ3n) is 3.53. The van der Waals surface area contributed by atoms with Gasteiger partial charge in [-0.05, 0) is 59.3 Å². The Kier molecular flexibility index (Phi) is 6.64. The number of carbonyl (C=O) groups is 1. The van der Waals surface area contributed by atoms with Gasteiger partial charge >= 0.3 is 0 Å². The van der Waals surface area contributed by atoms with Gasteiger partial charge in [0.1, 0.15) is 23.1 Å². The molecule has 2 rings (SSSR count). The van der Waals surface area contributed by atoms with Crippen LogP contribution in [0.3, 0.4) is 0 Å². The highest BCUT2D eigenvalue weighted by molar-refractivity contribution is 9.10. The molecule has 1 atom stereocenters. The molecule has 0 heterocycles. The highest BCUT2D eigenvalue weighted by Gasteiger charge is 2.16. The molecule has 25 heavy (non-hydrogen) atoms. The van der Waals surface area contributed by atoms with Gasteiger partial charge in [0.05, 0.1) is 24.7 Å². The van der Waals surface area contributed by atoms with Crippen molar-refractivity contribution in [2.75, 3.05) is 20.8 Å². The molecule has 2 aromatic carbocycles. The van der Waals surface area contributed by atoms with Gasteiger partial charge in [-0.25, -0.2) is 4.39 Å². The predicted molar refractivity (Wildman–Crippen MR) is 95.7 cm³/mol. The topological polar surface area (TPSA) is 56.8 Å². The predicted octanol–water partition coefficient (Wildman–Crippen LogP) is 3.86. The first-order chi connectivity index (χ1) is 11.9. The van der Waals surface area contributed by atoms with Gasteiger partial charge in [-0.3, -0.25) is 4.79 Å². The van der Waals surface area contributed by atoms with Gasteiger partial charge in [-0.15, -0.1) is 0 Å². The number of carbonyl (C=O) groups excluding carboxylic acids is 1. The summed E-state index contributed by atoms with van der Waals surface area (Å²) in [4.78, 5) is 12.1. The molecule has 0 bridgehead atoms. The average Bonchev–Trinajstić information content (AvgIpc) is 2.60. The Bertz CT molecular complexity index is 754. The fraction of sp³-hybridized carbons (Fsp3) is 0.278. The normalized spacial score (nSPS) is 11.6. The number of hydrogen-bond acceptors (Lipinski definition) is 4. The Labute approximate surface area is 154 Å². The third-order valence-corrected chi connectivity index (χ3v) is 4.15. The SMILES string of the molecule is COc1ccc(OC)c(C(C)NC(=O)COc2ccc(F)cc2Br)c1. The minimum absolute atomic E-state index is 0.194. The Balaban J connectivity index is 2.00. The lowest BCUT2D eigenvalue weighted by molar-refractivity contribution is -0.123. The number of methoxy groups -OCH3 is 2. The maximum Gasteiger partial charge on any atom is 0.258 e. The second kappa shape index (κ2) is 8.71. The molecule has 134 valence electrons. The van der Waals surface area contributed by atoms with Crippen molar-refractivity contribution in [1.29, 1.82) is 0 Å². The van der Waals surface area contributed by atoms with Crippen LogP contribution >= 0.6 is 15.9 Å². The summed E-state index contributed by atoms with van der Waals surface area (Å²) in [5.41, 5.74) is 0.790. The van der Waals surface area contributed by atoms with Gasteiger partial charge in [0, 0.05) is 5.56 Å². The summed E-state index contributed by atoms with van der Waals surface area (Å²) in [6.07, 6.45) is 0. The van der Waals surface area contributed by atoms with E-state index in [2.05, 4.69) is 21.2 Å². The maximum atomic E-state index is 13.1. The van der Waals surface area contributed by atoms with E-state index >= 15 is 0 Å². The lowest BCUT2D eigenvalue weighted by Gasteiger charge is -2.18. The van der Waals surface area contributed by atoms with Crippen molar-refractivity contribution >= 4 is 21.8 Å². The lowest BCUT2D eigenvalue weighted by Crippen LogP contribution is -2.31. The molecular formula is C18H19BrFNO4. The third kappa shape index (κ3) is 5.09. The Morgan fingerprint density at radius 2 is 1.88 bits per heavy atom. The van der Waals surface area contributed by atoms with Crippen LogP contribution in [0.5, 0.6) is 17.2 Å². The molecule has 0 saturated heterocycles. The second-order valence-electron chi connectivity index (χ2n) is 5.26. The summed E-state index contributed by atoms with van der Waals surface area (Å²) in [5.74, 6) is 1.01. The molecule has 1 amide bonds. The molecule has 0 radical (unpaired) electrons. The zero-order valence-corrected chi connectivity index (χ0v) is 15.7. The van der Waals surface area contributed by atoms with E-state index in [1.54, 1.807) is 32.4 Å². The van der Waals surface area contributed by atoms with Gasteiger partial charge in [0.15, 0.2) is 6.61 Å².